The number of carboxylic acids is 4. The van der Waals surface area contributed by atoms with E-state index in [1.165, 1.54) is 51.4 Å². The molecule has 36 heavy (non-hydrogen) atoms. The Kier molecular flexibility index (Phi) is 38.9. The van der Waals surface area contributed by atoms with Gasteiger partial charge in [0.15, 0.2) is 0 Å². The van der Waals surface area contributed by atoms with Crippen LogP contribution >= 0.6 is 25.3 Å². The lowest BCUT2D eigenvalue weighted by Crippen LogP contribution is -2.12. The first-order valence-electron chi connectivity index (χ1n) is 13.2. The van der Waals surface area contributed by atoms with E-state index in [2.05, 4.69) is 39.1 Å². The number of thiol groups is 2. The Morgan fingerprint density at radius 1 is 0.500 bits per heavy atom. The molecule has 0 saturated heterocycles. The van der Waals surface area contributed by atoms with E-state index in [1.54, 1.807) is 13.8 Å². The molecule has 0 saturated carbocycles. The van der Waals surface area contributed by atoms with Crippen molar-refractivity contribution >= 4 is 49.1 Å². The summed E-state index contributed by atoms with van der Waals surface area (Å²) in [4.78, 5) is 39.5. The zero-order chi connectivity index (χ0) is 28.8. The number of hydrogen-bond donors (Lipinski definition) is 6. The fourth-order valence-electron chi connectivity index (χ4n) is 2.48. The van der Waals surface area contributed by atoms with E-state index in [0.717, 1.165) is 25.7 Å². The summed E-state index contributed by atoms with van der Waals surface area (Å²) in [5, 5.41) is 31.6. The standard InChI is InChI=1S/2C10H20O2S.2C3H6O2/c2*1-2-3-4-5-6-7-8-9(13)10(11)12;2*1-2-3(4)5/h2*9,13H,2-8H2,1H3,(H,11,12);2*2H2,1H3,(H,4,5). The van der Waals surface area contributed by atoms with Crippen molar-refractivity contribution in [3.05, 3.63) is 0 Å². The molecular formula is C26H52O8S2. The Bertz CT molecular complexity index is 484. The largest absolute Gasteiger partial charge is 0.481 e. The Morgan fingerprint density at radius 2 is 0.722 bits per heavy atom. The number of carbonyl (C=O) groups is 4. The molecule has 216 valence electrons. The highest BCUT2D eigenvalue weighted by Crippen LogP contribution is 2.12. The Morgan fingerprint density at radius 3 is 0.917 bits per heavy atom. The maximum atomic E-state index is 10.4. The normalized spacial score (nSPS) is 11.3. The molecule has 8 nitrogen and oxygen atoms in total. The van der Waals surface area contributed by atoms with E-state index in [1.807, 2.05) is 0 Å². The lowest BCUT2D eigenvalue weighted by molar-refractivity contribution is -0.137. The first-order valence-corrected chi connectivity index (χ1v) is 14.2. The third-order valence-corrected chi connectivity index (χ3v) is 5.80. The summed E-state index contributed by atoms with van der Waals surface area (Å²) >= 11 is 7.94. The van der Waals surface area contributed by atoms with Crippen molar-refractivity contribution in [2.24, 2.45) is 0 Å². The van der Waals surface area contributed by atoms with Crippen LogP contribution in [0.2, 0.25) is 0 Å². The van der Waals surface area contributed by atoms with Crippen molar-refractivity contribution in [2.45, 2.75) is 141 Å². The Labute approximate surface area is 229 Å². The molecule has 0 fully saturated rings. The van der Waals surface area contributed by atoms with Crippen LogP contribution in [0.1, 0.15) is 130 Å². The first kappa shape index (κ1) is 41.7. The van der Waals surface area contributed by atoms with Gasteiger partial charge in [-0.25, -0.2) is 0 Å². The molecule has 0 aromatic carbocycles. The molecule has 0 aliphatic carbocycles. The van der Waals surface area contributed by atoms with Gasteiger partial charge in [0.05, 0.1) is 10.5 Å². The highest BCUT2D eigenvalue weighted by Gasteiger charge is 2.10. The van der Waals surface area contributed by atoms with E-state index in [9.17, 15) is 19.2 Å². The van der Waals surface area contributed by atoms with Crippen molar-refractivity contribution in [2.75, 3.05) is 0 Å². The van der Waals surface area contributed by atoms with Gasteiger partial charge in [0.1, 0.15) is 0 Å². The van der Waals surface area contributed by atoms with Crippen LogP contribution in [-0.4, -0.2) is 54.8 Å². The topological polar surface area (TPSA) is 149 Å². The van der Waals surface area contributed by atoms with E-state index >= 15 is 0 Å². The second-order valence-electron chi connectivity index (χ2n) is 8.32. The predicted molar refractivity (Wildman–Crippen MR) is 153 cm³/mol. The molecule has 0 aromatic heterocycles. The number of rotatable bonds is 18. The average Bonchev–Trinajstić information content (AvgIpc) is 2.84. The van der Waals surface area contributed by atoms with Crippen molar-refractivity contribution in [3.8, 4) is 0 Å². The third-order valence-electron chi connectivity index (χ3n) is 4.84. The number of hydrogen-bond acceptors (Lipinski definition) is 6. The second-order valence-corrected chi connectivity index (χ2v) is 9.56. The zero-order valence-electron chi connectivity index (χ0n) is 22.8. The molecule has 0 heterocycles. The van der Waals surface area contributed by atoms with Gasteiger partial charge in [-0.2, -0.15) is 25.3 Å². The monoisotopic (exact) mass is 556 g/mol. The minimum absolute atomic E-state index is 0.222. The van der Waals surface area contributed by atoms with Gasteiger partial charge in [0.2, 0.25) is 0 Å². The molecule has 0 spiro atoms. The number of carboxylic acid groups (broad SMARTS) is 4. The van der Waals surface area contributed by atoms with Gasteiger partial charge < -0.3 is 20.4 Å². The number of aliphatic carboxylic acids is 4. The quantitative estimate of drug-likeness (QED) is 0.0766. The molecule has 0 rings (SSSR count). The molecule has 0 bridgehead atoms. The Balaban J connectivity index is -0.000000208. The van der Waals surface area contributed by atoms with Gasteiger partial charge in [-0.15, -0.1) is 0 Å². The van der Waals surface area contributed by atoms with Crippen LogP contribution in [0, 0.1) is 0 Å². The fraction of sp³-hybridized carbons (Fsp3) is 0.846. The maximum absolute atomic E-state index is 10.4. The van der Waals surface area contributed by atoms with Crippen molar-refractivity contribution < 1.29 is 39.6 Å². The SMILES string of the molecule is CCC(=O)O.CCC(=O)O.CCCCCCCCC(S)C(=O)O.CCCCCCCCC(S)C(=O)O. The van der Waals surface area contributed by atoms with E-state index in [-0.39, 0.29) is 12.8 Å². The molecule has 0 aliphatic heterocycles. The molecule has 0 aromatic rings. The van der Waals surface area contributed by atoms with Gasteiger partial charge in [-0.3, -0.25) is 19.2 Å². The average molecular weight is 557 g/mol. The first-order chi connectivity index (χ1) is 16.9. The molecule has 10 heteroatoms. The van der Waals surface area contributed by atoms with Crippen molar-refractivity contribution in [1.82, 2.24) is 0 Å². The summed E-state index contributed by atoms with van der Waals surface area (Å²) in [6, 6.07) is 0. The molecule has 0 radical (unpaired) electrons. The second kappa shape index (κ2) is 33.6. The van der Waals surface area contributed by atoms with Crippen molar-refractivity contribution in [1.29, 1.82) is 0 Å². The van der Waals surface area contributed by atoms with Gasteiger partial charge in [0, 0.05) is 12.8 Å². The lowest BCUT2D eigenvalue weighted by Gasteiger charge is -2.04. The molecule has 0 amide bonds. The third kappa shape index (κ3) is 46.0. The molecule has 0 aliphatic rings. The van der Waals surface area contributed by atoms with Crippen molar-refractivity contribution in [3.63, 3.8) is 0 Å². The van der Waals surface area contributed by atoms with Gasteiger partial charge in [-0.05, 0) is 12.8 Å². The summed E-state index contributed by atoms with van der Waals surface area (Å²) in [5.74, 6) is -3.08. The van der Waals surface area contributed by atoms with E-state index in [0.29, 0.717) is 12.8 Å². The minimum Gasteiger partial charge on any atom is -0.481 e. The molecule has 4 N–H and O–H groups in total. The maximum Gasteiger partial charge on any atom is 0.316 e. The summed E-state index contributed by atoms with van der Waals surface area (Å²) in [6.07, 6.45) is 16.2. The van der Waals surface area contributed by atoms with E-state index in [4.69, 9.17) is 20.4 Å². The van der Waals surface area contributed by atoms with Gasteiger partial charge in [0.25, 0.3) is 0 Å². The molecular weight excluding hydrogens is 504 g/mol. The lowest BCUT2D eigenvalue weighted by atomic mass is 10.1. The molecule has 2 atom stereocenters. The molecule has 2 unspecified atom stereocenters. The van der Waals surface area contributed by atoms with E-state index < -0.39 is 34.4 Å². The van der Waals surface area contributed by atoms with Gasteiger partial charge >= 0.3 is 23.9 Å². The highest BCUT2D eigenvalue weighted by atomic mass is 32.1. The minimum atomic E-state index is -0.795. The van der Waals surface area contributed by atoms with Crippen LogP contribution < -0.4 is 0 Å². The highest BCUT2D eigenvalue weighted by molar-refractivity contribution is 7.82. The zero-order valence-corrected chi connectivity index (χ0v) is 24.6. The summed E-state index contributed by atoms with van der Waals surface area (Å²) in [5.41, 5.74) is 0. The van der Waals surface area contributed by atoms with Crippen LogP contribution in [0.5, 0.6) is 0 Å². The van der Waals surface area contributed by atoms with Crippen LogP contribution in [0.3, 0.4) is 0 Å². The van der Waals surface area contributed by atoms with Gasteiger partial charge in [-0.1, -0.05) is 105 Å². The van der Waals surface area contributed by atoms with Crippen LogP contribution in [0.15, 0.2) is 0 Å². The predicted octanol–water partition coefficient (Wildman–Crippen LogP) is 7.20. The summed E-state index contributed by atoms with van der Waals surface area (Å²) in [6.45, 7) is 7.58. The van der Waals surface area contributed by atoms with Crippen LogP contribution in [0.4, 0.5) is 0 Å². The fourth-order valence-corrected chi connectivity index (χ4v) is 2.85. The summed E-state index contributed by atoms with van der Waals surface area (Å²) in [7, 11) is 0. The van der Waals surface area contributed by atoms with Crippen LogP contribution in [0.25, 0.3) is 0 Å². The smallest absolute Gasteiger partial charge is 0.316 e. The Hall–Kier alpha value is -1.42. The summed E-state index contributed by atoms with van der Waals surface area (Å²) < 4.78 is 0. The number of unbranched alkanes of at least 4 members (excludes halogenated alkanes) is 10. The van der Waals surface area contributed by atoms with Crippen LogP contribution in [-0.2, 0) is 19.2 Å².